The van der Waals surface area contributed by atoms with Crippen molar-refractivity contribution in [3.63, 3.8) is 0 Å². The van der Waals surface area contributed by atoms with E-state index < -0.39 is 11.9 Å². The number of nitrogens with zero attached hydrogens (tertiary/aromatic N) is 4. The minimum atomic E-state index is -4.52. The predicted molar refractivity (Wildman–Crippen MR) is 77.2 cm³/mol. The number of alkyl halides is 3. The molecule has 0 aliphatic heterocycles. The zero-order valence-electron chi connectivity index (χ0n) is 11.9. The summed E-state index contributed by atoms with van der Waals surface area (Å²) in [5.74, 6) is 0.452. The first-order valence-electron chi connectivity index (χ1n) is 7.12. The lowest BCUT2D eigenvalue weighted by atomic mass is 9.77. The van der Waals surface area contributed by atoms with E-state index in [0.717, 1.165) is 12.5 Å². The van der Waals surface area contributed by atoms with Crippen LogP contribution in [0.5, 0.6) is 0 Å². The van der Waals surface area contributed by atoms with Crippen LogP contribution in [-0.2, 0) is 12.6 Å². The molecular formula is C15H12F3N5. The number of rotatable bonds is 3. The fraction of sp³-hybridized carbons (Fsp3) is 0.267. The second-order valence-electron chi connectivity index (χ2n) is 5.48. The molecule has 0 fully saturated rings. The van der Waals surface area contributed by atoms with Crippen molar-refractivity contribution >= 4 is 11.6 Å². The third-order valence-corrected chi connectivity index (χ3v) is 4.03. The van der Waals surface area contributed by atoms with Crippen LogP contribution >= 0.6 is 0 Å². The Bertz CT molecular complexity index is 871. The molecule has 0 amide bonds. The van der Waals surface area contributed by atoms with Gasteiger partial charge in [-0.2, -0.15) is 27.8 Å². The molecule has 1 aliphatic rings. The van der Waals surface area contributed by atoms with E-state index >= 15 is 0 Å². The van der Waals surface area contributed by atoms with E-state index in [-0.39, 0.29) is 17.5 Å². The first-order chi connectivity index (χ1) is 11.0. The molecule has 1 atom stereocenters. The minimum absolute atomic E-state index is 0.0728. The Balaban J connectivity index is 1.60. The van der Waals surface area contributed by atoms with Gasteiger partial charge in [0.1, 0.15) is 12.1 Å². The summed E-state index contributed by atoms with van der Waals surface area (Å²) >= 11 is 0. The van der Waals surface area contributed by atoms with Crippen LogP contribution in [0, 0.1) is 0 Å². The molecule has 8 heteroatoms. The maximum Gasteiger partial charge on any atom is 0.433 e. The van der Waals surface area contributed by atoms with Crippen molar-refractivity contribution in [3.8, 4) is 0 Å². The van der Waals surface area contributed by atoms with Crippen LogP contribution in [0.1, 0.15) is 22.7 Å². The van der Waals surface area contributed by atoms with E-state index in [1.54, 1.807) is 0 Å². The van der Waals surface area contributed by atoms with Crippen LogP contribution in [0.2, 0.25) is 0 Å². The van der Waals surface area contributed by atoms with Crippen LogP contribution in [0.4, 0.5) is 19.0 Å². The average Bonchev–Trinajstić information content (AvgIpc) is 2.95. The molecule has 0 radical (unpaired) electrons. The summed E-state index contributed by atoms with van der Waals surface area (Å²) in [6.07, 6.45) is -2.42. The number of halogens is 3. The molecule has 2 aromatic heterocycles. The third-order valence-electron chi connectivity index (χ3n) is 4.03. The molecule has 0 saturated carbocycles. The van der Waals surface area contributed by atoms with Gasteiger partial charge in [-0.25, -0.2) is 4.98 Å². The van der Waals surface area contributed by atoms with Crippen molar-refractivity contribution in [1.82, 2.24) is 19.6 Å². The molecule has 2 heterocycles. The van der Waals surface area contributed by atoms with Crippen LogP contribution in [0.3, 0.4) is 0 Å². The minimum Gasteiger partial charge on any atom is -0.369 e. The van der Waals surface area contributed by atoms with Gasteiger partial charge in [-0.3, -0.25) is 0 Å². The summed E-state index contributed by atoms with van der Waals surface area (Å²) in [5, 5.41) is 6.97. The lowest BCUT2D eigenvalue weighted by Crippen LogP contribution is -2.25. The number of fused-ring (bicyclic) bond motifs is 2. The number of nitrogens with one attached hydrogen (secondary N) is 1. The normalized spacial score (nSPS) is 16.9. The second kappa shape index (κ2) is 4.94. The Morgan fingerprint density at radius 2 is 2.09 bits per heavy atom. The summed E-state index contributed by atoms with van der Waals surface area (Å²) in [5.41, 5.74) is 1.55. The zero-order valence-corrected chi connectivity index (χ0v) is 11.9. The number of hydrogen-bond donors (Lipinski definition) is 1. The average molecular weight is 319 g/mol. The van der Waals surface area contributed by atoms with Crippen LogP contribution < -0.4 is 5.32 Å². The van der Waals surface area contributed by atoms with Gasteiger partial charge in [0, 0.05) is 18.5 Å². The molecule has 1 N–H and O–H groups in total. The van der Waals surface area contributed by atoms with Crippen molar-refractivity contribution in [2.24, 2.45) is 0 Å². The van der Waals surface area contributed by atoms with Gasteiger partial charge < -0.3 is 5.32 Å². The Labute approximate surface area is 129 Å². The van der Waals surface area contributed by atoms with E-state index in [1.807, 2.05) is 18.2 Å². The van der Waals surface area contributed by atoms with E-state index in [1.165, 1.54) is 22.0 Å². The third kappa shape index (κ3) is 2.39. The van der Waals surface area contributed by atoms with Gasteiger partial charge in [-0.05, 0) is 17.5 Å². The fourth-order valence-electron chi connectivity index (χ4n) is 2.86. The van der Waals surface area contributed by atoms with Gasteiger partial charge in [-0.1, -0.05) is 24.3 Å². The highest BCUT2D eigenvalue weighted by Gasteiger charge is 2.34. The lowest BCUT2D eigenvalue weighted by Gasteiger charge is -2.30. The summed E-state index contributed by atoms with van der Waals surface area (Å²) in [6.45, 7) is 0.535. The molecule has 0 saturated heterocycles. The van der Waals surface area contributed by atoms with E-state index in [2.05, 4.69) is 26.4 Å². The zero-order chi connectivity index (χ0) is 16.0. The standard InChI is InChI=1S/C15H12F3N5/c16-15(17,18)12-6-13(23-14(22-12)20-8-21-23)19-7-10-5-9-3-1-2-4-11(9)10/h1-4,6,8,10,19H,5,7H2. The Hall–Kier alpha value is -2.64. The van der Waals surface area contributed by atoms with Gasteiger partial charge in [0.05, 0.1) is 0 Å². The Morgan fingerprint density at radius 3 is 2.87 bits per heavy atom. The van der Waals surface area contributed by atoms with Gasteiger partial charge in [0.15, 0.2) is 5.69 Å². The van der Waals surface area contributed by atoms with E-state index in [0.29, 0.717) is 6.54 Å². The van der Waals surface area contributed by atoms with Gasteiger partial charge in [0.2, 0.25) is 0 Å². The largest absolute Gasteiger partial charge is 0.433 e. The van der Waals surface area contributed by atoms with E-state index in [4.69, 9.17) is 0 Å². The molecule has 1 aromatic carbocycles. The first kappa shape index (κ1) is 14.0. The van der Waals surface area contributed by atoms with Crippen LogP contribution in [-0.4, -0.2) is 26.1 Å². The topological polar surface area (TPSA) is 55.1 Å². The van der Waals surface area contributed by atoms with Gasteiger partial charge >= 0.3 is 6.18 Å². The number of anilines is 1. The molecule has 1 aliphatic carbocycles. The first-order valence-corrected chi connectivity index (χ1v) is 7.12. The highest BCUT2D eigenvalue weighted by atomic mass is 19.4. The predicted octanol–water partition coefficient (Wildman–Crippen LogP) is 2.89. The molecular weight excluding hydrogens is 307 g/mol. The SMILES string of the molecule is FC(F)(F)c1cc(NCC2Cc3ccccc32)n2ncnc2n1. The maximum atomic E-state index is 12.9. The summed E-state index contributed by atoms with van der Waals surface area (Å²) in [7, 11) is 0. The highest BCUT2D eigenvalue weighted by Crippen LogP contribution is 2.35. The molecule has 118 valence electrons. The van der Waals surface area contributed by atoms with Gasteiger partial charge in [0.25, 0.3) is 5.78 Å². The molecule has 5 nitrogen and oxygen atoms in total. The van der Waals surface area contributed by atoms with Crippen molar-refractivity contribution in [2.75, 3.05) is 11.9 Å². The Kier molecular flexibility index (Phi) is 3.00. The van der Waals surface area contributed by atoms with Crippen LogP contribution in [0.25, 0.3) is 5.78 Å². The maximum absolute atomic E-state index is 12.9. The van der Waals surface area contributed by atoms with E-state index in [9.17, 15) is 13.2 Å². The van der Waals surface area contributed by atoms with Crippen molar-refractivity contribution in [1.29, 1.82) is 0 Å². The number of hydrogen-bond acceptors (Lipinski definition) is 4. The second-order valence-corrected chi connectivity index (χ2v) is 5.48. The van der Waals surface area contributed by atoms with Crippen molar-refractivity contribution < 1.29 is 13.2 Å². The summed E-state index contributed by atoms with van der Waals surface area (Å²) < 4.78 is 40.1. The Morgan fingerprint density at radius 1 is 1.26 bits per heavy atom. The highest BCUT2D eigenvalue weighted by molar-refractivity contribution is 5.47. The fourth-order valence-corrected chi connectivity index (χ4v) is 2.86. The van der Waals surface area contributed by atoms with Crippen molar-refractivity contribution in [2.45, 2.75) is 18.5 Å². The quantitative estimate of drug-likeness (QED) is 0.806. The molecule has 0 bridgehead atoms. The monoisotopic (exact) mass is 319 g/mol. The summed E-state index contributed by atoms with van der Waals surface area (Å²) in [4.78, 5) is 7.24. The smallest absolute Gasteiger partial charge is 0.369 e. The van der Waals surface area contributed by atoms with Crippen molar-refractivity contribution in [3.05, 3.63) is 53.5 Å². The molecule has 4 rings (SSSR count). The molecule has 23 heavy (non-hydrogen) atoms. The molecule has 3 aromatic rings. The number of benzene rings is 1. The summed E-state index contributed by atoms with van der Waals surface area (Å²) in [6, 6.07) is 9.03. The lowest BCUT2D eigenvalue weighted by molar-refractivity contribution is -0.141. The van der Waals surface area contributed by atoms with Crippen LogP contribution in [0.15, 0.2) is 36.7 Å². The molecule has 0 spiro atoms. The molecule has 1 unspecified atom stereocenters. The number of aromatic nitrogens is 4. The van der Waals surface area contributed by atoms with Gasteiger partial charge in [-0.15, -0.1) is 0 Å².